The molecule has 4 aromatic carbocycles. The Morgan fingerprint density at radius 3 is 2.19 bits per heavy atom. The number of imidazole rings is 1. The maximum Gasteiger partial charge on any atom is 0.250 e. The van der Waals surface area contributed by atoms with Crippen molar-refractivity contribution < 1.29 is 4.57 Å². The first-order valence-corrected chi connectivity index (χ1v) is 17.7. The molecule has 0 aliphatic heterocycles. The van der Waals surface area contributed by atoms with Crippen LogP contribution in [0.3, 0.4) is 0 Å². The molecule has 0 fully saturated rings. The lowest BCUT2D eigenvalue weighted by atomic mass is 10.1. The maximum absolute atomic E-state index is 4.79. The van der Waals surface area contributed by atoms with Gasteiger partial charge in [0.25, 0.3) is 0 Å². The maximum atomic E-state index is 4.79. The van der Waals surface area contributed by atoms with Gasteiger partial charge < -0.3 is 0 Å². The fraction of sp³-hybridized carbons (Fsp3) is 0.189. The Labute approximate surface area is 248 Å². The Bertz CT molecular complexity index is 2120. The molecule has 0 saturated carbocycles. The minimum Gasteiger partial charge on any atom is -0.294 e. The molecule has 42 heavy (non-hydrogen) atoms. The molecule has 3 aromatic heterocycles. The summed E-state index contributed by atoms with van der Waals surface area (Å²) in [4.78, 5) is 4.79. The van der Waals surface area contributed by atoms with E-state index in [0.29, 0.717) is 0 Å². The topological polar surface area (TPSA) is 26.6 Å². The summed E-state index contributed by atoms with van der Waals surface area (Å²) in [6.07, 6.45) is 4.17. The largest absolute Gasteiger partial charge is 0.294 e. The van der Waals surface area contributed by atoms with Crippen LogP contribution in [0.1, 0.15) is 26.3 Å². The molecule has 208 valence electrons. The van der Waals surface area contributed by atoms with E-state index >= 15 is 0 Å². The van der Waals surface area contributed by atoms with Crippen molar-refractivity contribution in [1.82, 2.24) is 14.1 Å². The van der Waals surface area contributed by atoms with Gasteiger partial charge in [-0.15, -0.1) is 0 Å². The van der Waals surface area contributed by atoms with Crippen molar-refractivity contribution in [3.8, 4) is 11.5 Å². The first kappa shape index (κ1) is 26.4. The highest BCUT2D eigenvalue weighted by atomic mass is 28.3. The number of hydrogen-bond acceptors (Lipinski definition) is 1. The van der Waals surface area contributed by atoms with Crippen LogP contribution in [0.25, 0.3) is 44.3 Å². The van der Waals surface area contributed by atoms with E-state index < -0.39 is 8.07 Å². The quantitative estimate of drug-likeness (QED) is 0.163. The van der Waals surface area contributed by atoms with Crippen LogP contribution in [-0.2, 0) is 5.54 Å². The summed E-state index contributed by atoms with van der Waals surface area (Å²) in [6, 6.07) is 37.9. The van der Waals surface area contributed by atoms with E-state index in [-0.39, 0.29) is 5.54 Å². The average Bonchev–Trinajstić information content (AvgIpc) is 3.54. The Kier molecular flexibility index (Phi) is 6.00. The predicted molar refractivity (Wildman–Crippen MR) is 179 cm³/mol. The van der Waals surface area contributed by atoms with Crippen molar-refractivity contribution in [2.45, 2.75) is 46.3 Å². The number of aromatic nitrogens is 4. The van der Waals surface area contributed by atoms with Gasteiger partial charge >= 0.3 is 0 Å². The summed E-state index contributed by atoms with van der Waals surface area (Å²) < 4.78 is 7.06. The Hall–Kier alpha value is -4.48. The van der Waals surface area contributed by atoms with Crippen molar-refractivity contribution in [3.05, 3.63) is 121 Å². The van der Waals surface area contributed by atoms with Crippen molar-refractivity contribution in [2.24, 2.45) is 0 Å². The van der Waals surface area contributed by atoms with Gasteiger partial charge in [-0.05, 0) is 81.8 Å². The van der Waals surface area contributed by atoms with Crippen molar-refractivity contribution in [1.29, 1.82) is 0 Å². The van der Waals surface area contributed by atoms with Gasteiger partial charge in [0.1, 0.15) is 25.1 Å². The van der Waals surface area contributed by atoms with Gasteiger partial charge in [-0.25, -0.2) is 9.55 Å². The Morgan fingerprint density at radius 2 is 1.40 bits per heavy atom. The zero-order valence-corrected chi connectivity index (χ0v) is 26.3. The molecular formula is C37H37N4Si+. The van der Waals surface area contributed by atoms with E-state index in [1.165, 1.54) is 54.5 Å². The zero-order valence-electron chi connectivity index (χ0n) is 25.3. The molecule has 0 atom stereocenters. The number of fused-ring (bicyclic) bond motifs is 4. The molecule has 0 aliphatic rings. The summed E-state index contributed by atoms with van der Waals surface area (Å²) in [5.74, 6) is 0.964. The van der Waals surface area contributed by atoms with Gasteiger partial charge in [0, 0.05) is 17.0 Å². The first-order chi connectivity index (χ1) is 20.1. The van der Waals surface area contributed by atoms with E-state index in [4.69, 9.17) is 4.98 Å². The number of nitrogens with zero attached hydrogens (tertiary/aromatic N) is 4. The van der Waals surface area contributed by atoms with E-state index in [1.54, 1.807) is 0 Å². The molecule has 0 aliphatic carbocycles. The molecule has 7 rings (SSSR count). The van der Waals surface area contributed by atoms with Crippen LogP contribution >= 0.6 is 0 Å². The second-order valence-electron chi connectivity index (χ2n) is 13.0. The van der Waals surface area contributed by atoms with Gasteiger partial charge in [0.05, 0.1) is 11.0 Å². The second-order valence-corrected chi connectivity index (χ2v) is 17.4. The predicted octanol–water partition coefficient (Wildman–Crippen LogP) is 7.30. The highest BCUT2D eigenvalue weighted by Gasteiger charge is 2.30. The van der Waals surface area contributed by atoms with Crippen LogP contribution in [0.2, 0.25) is 13.1 Å². The molecule has 3 heterocycles. The molecule has 0 unspecified atom stereocenters. The minimum absolute atomic E-state index is 0.0174. The Morgan fingerprint density at radius 1 is 0.690 bits per heavy atom. The van der Waals surface area contributed by atoms with Crippen molar-refractivity contribution >= 4 is 51.3 Å². The molecule has 4 nitrogen and oxygen atoms in total. The monoisotopic (exact) mass is 565 g/mol. The van der Waals surface area contributed by atoms with E-state index in [0.717, 1.165) is 5.82 Å². The SMILES string of the molecule is Cc1ccnc(-n2c3ccccc3c3ccc([Si](C)(C)c4cccc(-n5c[n+](C(C)(C)C)c6ccccc65)c4)cc32)c1. The summed E-state index contributed by atoms with van der Waals surface area (Å²) in [7, 11) is -2.07. The third kappa shape index (κ3) is 4.19. The lowest BCUT2D eigenvalue weighted by Gasteiger charge is -2.24. The highest BCUT2D eigenvalue weighted by molar-refractivity contribution is 7.00. The molecule has 5 heteroatoms. The van der Waals surface area contributed by atoms with Crippen LogP contribution in [0.4, 0.5) is 0 Å². The van der Waals surface area contributed by atoms with Crippen LogP contribution in [0.5, 0.6) is 0 Å². The van der Waals surface area contributed by atoms with Crippen molar-refractivity contribution in [3.63, 3.8) is 0 Å². The molecule has 0 N–H and O–H groups in total. The number of rotatable bonds is 4. The van der Waals surface area contributed by atoms with Gasteiger partial charge in [-0.2, -0.15) is 4.57 Å². The Balaban J connectivity index is 1.39. The standard InChI is InChI=1S/C37H37N4Si/c1-26-20-21-38-36(22-26)41-32-15-8-7-14-30(32)31-19-18-29(24-35(31)41)42(5,6)28-13-11-12-27(23-28)39-25-40(37(2,3)4)34-17-10-9-16-33(34)39/h7-25H,1-6H3/q+1. The minimum atomic E-state index is -2.07. The molecule has 0 bridgehead atoms. The molecule has 0 radical (unpaired) electrons. The van der Waals surface area contributed by atoms with Crippen LogP contribution in [0, 0.1) is 6.92 Å². The van der Waals surface area contributed by atoms with Crippen LogP contribution in [0.15, 0.2) is 116 Å². The summed E-state index contributed by atoms with van der Waals surface area (Å²) in [6.45, 7) is 13.8. The number of para-hydroxylation sites is 3. The molecule has 0 spiro atoms. The number of aryl methyl sites for hydroxylation is 1. The number of pyridine rings is 1. The number of hydrogen-bond donors (Lipinski definition) is 0. The third-order valence-corrected chi connectivity index (χ3v) is 12.2. The molecule has 7 aromatic rings. The molecule has 0 saturated heterocycles. The van der Waals surface area contributed by atoms with Gasteiger partial charge in [0.15, 0.2) is 11.0 Å². The van der Waals surface area contributed by atoms with E-state index in [9.17, 15) is 0 Å². The van der Waals surface area contributed by atoms with Gasteiger partial charge in [-0.3, -0.25) is 4.57 Å². The fourth-order valence-corrected chi connectivity index (χ4v) is 8.66. The van der Waals surface area contributed by atoms with E-state index in [1.807, 2.05) is 6.20 Å². The summed E-state index contributed by atoms with van der Waals surface area (Å²) in [5.41, 5.74) is 7.26. The highest BCUT2D eigenvalue weighted by Crippen LogP contribution is 2.31. The lowest BCUT2D eigenvalue weighted by Crippen LogP contribution is -2.53. The second kappa shape index (κ2) is 9.53. The normalized spacial score (nSPS) is 12.5. The third-order valence-electron chi connectivity index (χ3n) is 8.73. The molecule has 0 amide bonds. The molecular weight excluding hydrogens is 529 g/mol. The first-order valence-electron chi connectivity index (χ1n) is 14.7. The zero-order chi connectivity index (χ0) is 29.2. The van der Waals surface area contributed by atoms with Crippen LogP contribution < -0.4 is 14.9 Å². The van der Waals surface area contributed by atoms with Crippen molar-refractivity contribution in [2.75, 3.05) is 0 Å². The average molecular weight is 566 g/mol. The van der Waals surface area contributed by atoms with Gasteiger partial charge in [-0.1, -0.05) is 78.1 Å². The lowest BCUT2D eigenvalue weighted by molar-refractivity contribution is -0.731. The van der Waals surface area contributed by atoms with Gasteiger partial charge in [0.2, 0.25) is 6.33 Å². The summed E-state index contributed by atoms with van der Waals surface area (Å²) >= 11 is 0. The summed E-state index contributed by atoms with van der Waals surface area (Å²) in [5, 5.41) is 5.35. The smallest absolute Gasteiger partial charge is 0.250 e. The number of benzene rings is 4. The fourth-order valence-electron chi connectivity index (χ4n) is 6.31. The van der Waals surface area contributed by atoms with E-state index in [2.05, 4.69) is 164 Å². The van der Waals surface area contributed by atoms with Crippen LogP contribution in [-0.4, -0.2) is 22.2 Å².